The Bertz CT molecular complexity index is 608. The molecule has 1 aromatic heterocycles. The molecule has 1 aromatic carbocycles. The maximum atomic E-state index is 12.0. The molecule has 0 saturated carbocycles. The van der Waals surface area contributed by atoms with E-state index in [1.54, 1.807) is 36.5 Å². The van der Waals surface area contributed by atoms with Crippen molar-refractivity contribution in [1.29, 1.82) is 0 Å². The second-order valence-electron chi connectivity index (χ2n) is 3.46. The van der Waals surface area contributed by atoms with E-state index < -0.39 is 0 Å². The maximum absolute atomic E-state index is 12.0. The molecule has 2 aromatic rings. The summed E-state index contributed by atoms with van der Waals surface area (Å²) in [5, 5.41) is 0.417. The van der Waals surface area contributed by atoms with E-state index in [9.17, 15) is 4.79 Å². The van der Waals surface area contributed by atoms with Gasteiger partial charge in [0.25, 0.3) is 5.56 Å². The van der Waals surface area contributed by atoms with Gasteiger partial charge in [-0.15, -0.1) is 0 Å². The summed E-state index contributed by atoms with van der Waals surface area (Å²) in [5.41, 5.74) is 6.47. The summed E-state index contributed by atoms with van der Waals surface area (Å²) in [6.45, 7) is 0. The fourth-order valence-corrected chi connectivity index (χ4v) is 1.82. The second-order valence-corrected chi connectivity index (χ2v) is 3.87. The highest BCUT2D eigenvalue weighted by atomic mass is 35.5. The standard InChI is InChI=1S/C12H11ClN2O2/c1-17-11-3-2-6-15(12(11)16)10-5-4-8(14)7-9(10)13/h2-7H,14H2,1H3. The minimum atomic E-state index is -0.262. The van der Waals surface area contributed by atoms with Gasteiger partial charge < -0.3 is 10.5 Å². The number of rotatable bonds is 2. The van der Waals surface area contributed by atoms with Gasteiger partial charge in [0.15, 0.2) is 5.75 Å². The molecule has 0 unspecified atom stereocenters. The van der Waals surface area contributed by atoms with Crippen molar-refractivity contribution in [3.8, 4) is 11.4 Å². The Hall–Kier alpha value is -1.94. The molecule has 0 aliphatic rings. The van der Waals surface area contributed by atoms with Crippen LogP contribution in [-0.2, 0) is 0 Å². The van der Waals surface area contributed by atoms with Crippen LogP contribution in [-0.4, -0.2) is 11.7 Å². The third-order valence-corrected chi connectivity index (χ3v) is 2.67. The van der Waals surface area contributed by atoms with Crippen LogP contribution in [0.5, 0.6) is 5.75 Å². The molecule has 2 rings (SSSR count). The maximum Gasteiger partial charge on any atom is 0.297 e. The second kappa shape index (κ2) is 4.51. The first-order valence-corrected chi connectivity index (χ1v) is 5.32. The van der Waals surface area contributed by atoms with Crippen molar-refractivity contribution in [1.82, 2.24) is 4.57 Å². The van der Waals surface area contributed by atoms with E-state index in [0.29, 0.717) is 16.4 Å². The van der Waals surface area contributed by atoms with Crippen LogP contribution in [0.1, 0.15) is 0 Å². The van der Waals surface area contributed by atoms with Gasteiger partial charge in [-0.3, -0.25) is 9.36 Å². The molecule has 0 aliphatic heterocycles. The first-order valence-electron chi connectivity index (χ1n) is 4.94. The van der Waals surface area contributed by atoms with E-state index in [-0.39, 0.29) is 11.3 Å². The van der Waals surface area contributed by atoms with Gasteiger partial charge >= 0.3 is 0 Å². The lowest BCUT2D eigenvalue weighted by Crippen LogP contribution is -2.19. The van der Waals surface area contributed by atoms with Crippen LogP contribution >= 0.6 is 11.6 Å². The lowest BCUT2D eigenvalue weighted by molar-refractivity contribution is 0.406. The van der Waals surface area contributed by atoms with E-state index >= 15 is 0 Å². The van der Waals surface area contributed by atoms with Crippen molar-refractivity contribution >= 4 is 17.3 Å². The van der Waals surface area contributed by atoms with Crippen molar-refractivity contribution in [2.24, 2.45) is 0 Å². The van der Waals surface area contributed by atoms with Gasteiger partial charge in [-0.2, -0.15) is 0 Å². The lowest BCUT2D eigenvalue weighted by Gasteiger charge is -2.09. The molecule has 0 saturated heterocycles. The number of benzene rings is 1. The summed E-state index contributed by atoms with van der Waals surface area (Å²) >= 11 is 6.05. The fraction of sp³-hybridized carbons (Fsp3) is 0.0833. The normalized spacial score (nSPS) is 10.2. The summed E-state index contributed by atoms with van der Waals surface area (Å²) in [4.78, 5) is 12.0. The Labute approximate surface area is 103 Å². The van der Waals surface area contributed by atoms with Gasteiger partial charge in [-0.1, -0.05) is 11.6 Å². The topological polar surface area (TPSA) is 57.2 Å². The molecule has 88 valence electrons. The number of hydrogen-bond acceptors (Lipinski definition) is 3. The number of aromatic nitrogens is 1. The van der Waals surface area contributed by atoms with Crippen molar-refractivity contribution in [3.05, 3.63) is 51.9 Å². The van der Waals surface area contributed by atoms with Gasteiger partial charge in [0.05, 0.1) is 17.8 Å². The van der Waals surface area contributed by atoms with E-state index in [1.165, 1.54) is 11.7 Å². The predicted octanol–water partition coefficient (Wildman–Crippen LogP) is 2.08. The Kier molecular flexibility index (Phi) is 3.06. The minimum absolute atomic E-state index is 0.262. The van der Waals surface area contributed by atoms with Crippen LogP contribution in [0.2, 0.25) is 5.02 Å². The average molecular weight is 251 g/mol. The summed E-state index contributed by atoms with van der Waals surface area (Å²) in [7, 11) is 1.45. The highest BCUT2D eigenvalue weighted by Gasteiger charge is 2.08. The summed E-state index contributed by atoms with van der Waals surface area (Å²) in [5.74, 6) is 0.264. The summed E-state index contributed by atoms with van der Waals surface area (Å²) < 4.78 is 6.39. The molecule has 1 heterocycles. The minimum Gasteiger partial charge on any atom is -0.491 e. The van der Waals surface area contributed by atoms with E-state index in [0.717, 1.165) is 0 Å². The smallest absolute Gasteiger partial charge is 0.297 e. The number of methoxy groups -OCH3 is 1. The third kappa shape index (κ3) is 2.12. The van der Waals surface area contributed by atoms with E-state index in [2.05, 4.69) is 0 Å². The lowest BCUT2D eigenvalue weighted by atomic mass is 10.2. The molecule has 0 atom stereocenters. The van der Waals surface area contributed by atoms with Gasteiger partial charge in [0.1, 0.15) is 0 Å². The molecule has 0 aliphatic carbocycles. The molecular formula is C12H11ClN2O2. The molecule has 2 N–H and O–H groups in total. The number of pyridine rings is 1. The highest BCUT2D eigenvalue weighted by molar-refractivity contribution is 6.32. The average Bonchev–Trinajstić information content (AvgIpc) is 2.30. The van der Waals surface area contributed by atoms with Gasteiger partial charge in [-0.25, -0.2) is 0 Å². The first kappa shape index (κ1) is 11.5. The number of anilines is 1. The number of ether oxygens (including phenoxy) is 1. The van der Waals surface area contributed by atoms with Crippen molar-refractivity contribution in [3.63, 3.8) is 0 Å². The number of nitrogens with zero attached hydrogens (tertiary/aromatic N) is 1. The summed E-state index contributed by atoms with van der Waals surface area (Å²) in [6, 6.07) is 8.30. The zero-order valence-electron chi connectivity index (χ0n) is 9.18. The van der Waals surface area contributed by atoms with Gasteiger partial charge in [-0.05, 0) is 30.3 Å². The highest BCUT2D eigenvalue weighted by Crippen LogP contribution is 2.22. The quantitative estimate of drug-likeness (QED) is 0.831. The van der Waals surface area contributed by atoms with Crippen molar-refractivity contribution in [2.75, 3.05) is 12.8 Å². The zero-order chi connectivity index (χ0) is 12.4. The number of nitrogens with two attached hydrogens (primary N) is 1. The zero-order valence-corrected chi connectivity index (χ0v) is 9.94. The predicted molar refractivity (Wildman–Crippen MR) is 68.0 cm³/mol. The Morgan fingerprint density at radius 3 is 2.76 bits per heavy atom. The monoisotopic (exact) mass is 250 g/mol. The Balaban J connectivity index is 2.65. The molecule has 0 spiro atoms. The SMILES string of the molecule is COc1cccn(-c2ccc(N)cc2Cl)c1=O. The van der Waals surface area contributed by atoms with Crippen LogP contribution < -0.4 is 16.0 Å². The van der Waals surface area contributed by atoms with Crippen molar-refractivity contribution < 1.29 is 4.74 Å². The molecule has 0 radical (unpaired) electrons. The van der Waals surface area contributed by atoms with E-state index in [1.807, 2.05) is 0 Å². The molecule has 4 nitrogen and oxygen atoms in total. The van der Waals surface area contributed by atoms with Crippen LogP contribution in [0.3, 0.4) is 0 Å². The molecular weight excluding hydrogens is 240 g/mol. The number of nitrogen functional groups attached to an aromatic ring is 1. The number of halogens is 1. The van der Waals surface area contributed by atoms with E-state index in [4.69, 9.17) is 22.1 Å². The molecule has 0 bridgehead atoms. The first-order chi connectivity index (χ1) is 8.13. The molecule has 17 heavy (non-hydrogen) atoms. The van der Waals surface area contributed by atoms with Crippen LogP contribution in [0.15, 0.2) is 41.3 Å². The Morgan fingerprint density at radius 1 is 1.35 bits per heavy atom. The fourth-order valence-electron chi connectivity index (χ4n) is 1.54. The largest absolute Gasteiger partial charge is 0.491 e. The Morgan fingerprint density at radius 2 is 2.12 bits per heavy atom. The van der Waals surface area contributed by atoms with Crippen LogP contribution in [0, 0.1) is 0 Å². The third-order valence-electron chi connectivity index (χ3n) is 2.36. The number of hydrogen-bond donors (Lipinski definition) is 1. The molecule has 5 heteroatoms. The van der Waals surface area contributed by atoms with Crippen molar-refractivity contribution in [2.45, 2.75) is 0 Å². The molecule has 0 fully saturated rings. The van der Waals surface area contributed by atoms with Crippen LogP contribution in [0.4, 0.5) is 5.69 Å². The van der Waals surface area contributed by atoms with Crippen LogP contribution in [0.25, 0.3) is 5.69 Å². The van der Waals surface area contributed by atoms with Gasteiger partial charge in [0, 0.05) is 11.9 Å². The molecule has 0 amide bonds. The van der Waals surface area contributed by atoms with Gasteiger partial charge in [0.2, 0.25) is 0 Å². The summed E-state index contributed by atoms with van der Waals surface area (Å²) in [6.07, 6.45) is 1.63.